The monoisotopic (exact) mass is 352 g/mol. The number of hydrogen-bond donors (Lipinski definition) is 1. The fourth-order valence-corrected chi connectivity index (χ4v) is 3.28. The van der Waals surface area contributed by atoms with E-state index >= 15 is 0 Å². The lowest BCUT2D eigenvalue weighted by Gasteiger charge is -2.27. The first-order chi connectivity index (χ1) is 11.0. The Balaban J connectivity index is 3.43. The number of carboxylic acid groups (broad SMARTS) is 1. The third-order valence-corrected chi connectivity index (χ3v) is 4.24. The van der Waals surface area contributed by atoms with Crippen molar-refractivity contribution in [2.24, 2.45) is 0 Å². The van der Waals surface area contributed by atoms with Gasteiger partial charge in [0, 0.05) is 18.9 Å². The number of benzene rings is 1. The fourth-order valence-electron chi connectivity index (χ4n) is 2.52. The molecule has 0 spiro atoms. The Morgan fingerprint density at radius 2 is 1.83 bits per heavy atom. The molecular formula is C18H28O5Si. The van der Waals surface area contributed by atoms with Crippen LogP contribution < -0.4 is 4.43 Å². The van der Waals surface area contributed by atoms with Gasteiger partial charge in [0.15, 0.2) is 0 Å². The molecule has 5 nitrogen and oxygen atoms in total. The van der Waals surface area contributed by atoms with Gasteiger partial charge in [-0.1, -0.05) is 32.9 Å². The first-order valence-corrected chi connectivity index (χ1v) is 11.0. The highest BCUT2D eigenvalue weighted by Crippen LogP contribution is 2.36. The van der Waals surface area contributed by atoms with E-state index < -0.39 is 15.0 Å². The van der Waals surface area contributed by atoms with Crippen LogP contribution in [0.5, 0.6) is 5.75 Å². The van der Waals surface area contributed by atoms with Gasteiger partial charge in [0.05, 0.1) is 0 Å². The van der Waals surface area contributed by atoms with E-state index in [4.69, 9.17) is 14.3 Å². The van der Waals surface area contributed by atoms with Gasteiger partial charge in [-0.05, 0) is 36.1 Å². The topological polar surface area (TPSA) is 72.8 Å². The molecule has 0 saturated heterocycles. The molecule has 0 amide bonds. The number of hydrogen-bond acceptors (Lipinski definition) is 4. The molecule has 1 aromatic rings. The van der Waals surface area contributed by atoms with E-state index in [1.54, 1.807) is 0 Å². The number of aliphatic carboxylic acids is 1. The van der Waals surface area contributed by atoms with Gasteiger partial charge in [-0.15, -0.1) is 0 Å². The SMILES string of the molecule is CC(=O)OCc1c(C(C)(C)C)ccc(CCC(=O)O)c1O[SiH](C)C. The Labute approximate surface area is 145 Å². The van der Waals surface area contributed by atoms with Gasteiger partial charge in [-0.25, -0.2) is 0 Å². The van der Waals surface area contributed by atoms with Crippen LogP contribution in [0.3, 0.4) is 0 Å². The molecule has 134 valence electrons. The molecule has 0 aromatic heterocycles. The van der Waals surface area contributed by atoms with Gasteiger partial charge in [-0.2, -0.15) is 0 Å². The van der Waals surface area contributed by atoms with Crippen molar-refractivity contribution >= 4 is 21.0 Å². The van der Waals surface area contributed by atoms with Crippen LogP contribution in [0.15, 0.2) is 12.1 Å². The van der Waals surface area contributed by atoms with Crippen LogP contribution in [-0.2, 0) is 32.8 Å². The predicted molar refractivity (Wildman–Crippen MR) is 96.1 cm³/mol. The van der Waals surface area contributed by atoms with Crippen molar-refractivity contribution in [1.29, 1.82) is 0 Å². The Morgan fingerprint density at radius 1 is 1.21 bits per heavy atom. The summed E-state index contributed by atoms with van der Waals surface area (Å²) in [6.45, 7) is 11.9. The minimum atomic E-state index is -1.41. The minimum Gasteiger partial charge on any atom is -0.547 e. The molecule has 0 fully saturated rings. The van der Waals surface area contributed by atoms with Crippen LogP contribution in [0.2, 0.25) is 13.1 Å². The first-order valence-electron chi connectivity index (χ1n) is 8.19. The summed E-state index contributed by atoms with van der Waals surface area (Å²) in [4.78, 5) is 22.2. The number of esters is 1. The van der Waals surface area contributed by atoms with Crippen molar-refractivity contribution in [1.82, 2.24) is 0 Å². The van der Waals surface area contributed by atoms with E-state index in [0.29, 0.717) is 12.2 Å². The van der Waals surface area contributed by atoms with E-state index in [9.17, 15) is 9.59 Å². The van der Waals surface area contributed by atoms with Gasteiger partial charge >= 0.3 is 11.9 Å². The van der Waals surface area contributed by atoms with Gasteiger partial charge in [0.1, 0.15) is 12.4 Å². The van der Waals surface area contributed by atoms with Gasteiger partial charge in [-0.3, -0.25) is 9.59 Å². The first kappa shape index (κ1) is 20.2. The number of rotatable bonds is 7. The van der Waals surface area contributed by atoms with E-state index in [2.05, 4.69) is 33.9 Å². The molecule has 0 aliphatic heterocycles. The summed E-state index contributed by atoms with van der Waals surface area (Å²) in [5.41, 5.74) is 2.61. The summed E-state index contributed by atoms with van der Waals surface area (Å²) in [6.07, 6.45) is 0.432. The fraction of sp³-hybridized carbons (Fsp3) is 0.556. The predicted octanol–water partition coefficient (Wildman–Crippen LogP) is 3.43. The zero-order valence-electron chi connectivity index (χ0n) is 15.4. The van der Waals surface area contributed by atoms with Crippen molar-refractivity contribution in [2.45, 2.75) is 65.7 Å². The maximum Gasteiger partial charge on any atom is 0.303 e. The van der Waals surface area contributed by atoms with Crippen molar-refractivity contribution in [2.75, 3.05) is 0 Å². The molecule has 1 aromatic carbocycles. The molecule has 0 saturated carbocycles. The number of ether oxygens (including phenoxy) is 1. The van der Waals surface area contributed by atoms with Crippen molar-refractivity contribution in [3.05, 3.63) is 28.8 Å². The van der Waals surface area contributed by atoms with Gasteiger partial charge in [0.25, 0.3) is 0 Å². The lowest BCUT2D eigenvalue weighted by atomic mass is 9.82. The number of carboxylic acids is 1. The zero-order chi connectivity index (χ0) is 18.5. The lowest BCUT2D eigenvalue weighted by Crippen LogP contribution is -2.20. The molecule has 0 unspecified atom stereocenters. The summed E-state index contributed by atoms with van der Waals surface area (Å²) >= 11 is 0. The van der Waals surface area contributed by atoms with E-state index in [-0.39, 0.29) is 24.4 Å². The summed E-state index contributed by atoms with van der Waals surface area (Å²) in [6, 6.07) is 3.93. The second kappa shape index (κ2) is 8.33. The Hall–Kier alpha value is -1.82. The third-order valence-electron chi connectivity index (χ3n) is 3.53. The lowest BCUT2D eigenvalue weighted by molar-refractivity contribution is -0.142. The Kier molecular flexibility index (Phi) is 7.02. The van der Waals surface area contributed by atoms with Crippen LogP contribution in [0.4, 0.5) is 0 Å². The molecule has 0 heterocycles. The van der Waals surface area contributed by atoms with Crippen LogP contribution in [0.25, 0.3) is 0 Å². The van der Waals surface area contributed by atoms with E-state index in [1.165, 1.54) is 6.92 Å². The zero-order valence-corrected chi connectivity index (χ0v) is 16.6. The summed E-state index contributed by atoms with van der Waals surface area (Å²) in [5, 5.41) is 8.98. The highest BCUT2D eigenvalue weighted by molar-refractivity contribution is 6.49. The maximum atomic E-state index is 11.3. The molecule has 0 atom stereocenters. The van der Waals surface area contributed by atoms with Crippen molar-refractivity contribution in [3.8, 4) is 5.75 Å². The molecular weight excluding hydrogens is 324 g/mol. The second-order valence-electron chi connectivity index (χ2n) is 7.17. The molecule has 0 radical (unpaired) electrons. The molecule has 0 bridgehead atoms. The standard InChI is InChI=1S/C18H28O5Si/c1-12(19)22-11-14-15(18(2,3)4)9-7-13(8-10-16(20)21)17(14)23-24(5)6/h7,9,24H,8,10-11H2,1-6H3,(H,20,21). The molecule has 0 aliphatic rings. The normalized spacial score (nSPS) is 11.5. The molecule has 1 rings (SSSR count). The number of carbonyl (C=O) groups excluding carboxylic acids is 1. The van der Waals surface area contributed by atoms with Gasteiger partial charge < -0.3 is 14.3 Å². The van der Waals surface area contributed by atoms with Crippen molar-refractivity contribution < 1.29 is 23.9 Å². The largest absolute Gasteiger partial charge is 0.547 e. The Morgan fingerprint density at radius 3 is 2.29 bits per heavy atom. The Bertz CT molecular complexity index is 602. The minimum absolute atomic E-state index is 0.0396. The summed E-state index contributed by atoms with van der Waals surface area (Å²) in [7, 11) is -1.41. The average Bonchev–Trinajstić information content (AvgIpc) is 2.42. The molecule has 24 heavy (non-hydrogen) atoms. The maximum absolute atomic E-state index is 11.3. The van der Waals surface area contributed by atoms with Crippen LogP contribution in [-0.4, -0.2) is 26.1 Å². The second-order valence-corrected chi connectivity index (χ2v) is 9.50. The quantitative estimate of drug-likeness (QED) is 0.601. The van der Waals surface area contributed by atoms with Crippen LogP contribution >= 0.6 is 0 Å². The summed E-state index contributed by atoms with van der Waals surface area (Å²) < 4.78 is 11.4. The van der Waals surface area contributed by atoms with Gasteiger partial charge in [0.2, 0.25) is 9.04 Å². The van der Waals surface area contributed by atoms with Crippen molar-refractivity contribution in [3.63, 3.8) is 0 Å². The van der Waals surface area contributed by atoms with E-state index in [0.717, 1.165) is 16.7 Å². The van der Waals surface area contributed by atoms with Crippen LogP contribution in [0.1, 0.15) is 50.8 Å². The smallest absolute Gasteiger partial charge is 0.303 e. The van der Waals surface area contributed by atoms with Crippen LogP contribution in [0, 0.1) is 0 Å². The highest BCUT2D eigenvalue weighted by atomic mass is 28.3. The molecule has 6 heteroatoms. The van der Waals surface area contributed by atoms with E-state index in [1.807, 2.05) is 12.1 Å². The number of aryl methyl sites for hydroxylation is 1. The molecule has 1 N–H and O–H groups in total. The highest BCUT2D eigenvalue weighted by Gasteiger charge is 2.24. The third kappa shape index (κ3) is 6.00. The molecule has 0 aliphatic carbocycles. The average molecular weight is 353 g/mol. The summed E-state index contributed by atoms with van der Waals surface area (Å²) in [5.74, 6) is -0.491. The number of carbonyl (C=O) groups is 2.